The van der Waals surface area contributed by atoms with Gasteiger partial charge in [-0.3, -0.25) is 0 Å². The molecule has 2 aliphatic rings. The number of hydrogen-bond donors (Lipinski definition) is 0. The predicted octanol–water partition coefficient (Wildman–Crippen LogP) is 3.85. The van der Waals surface area contributed by atoms with Gasteiger partial charge in [-0.1, -0.05) is 24.3 Å². The van der Waals surface area contributed by atoms with Crippen molar-refractivity contribution < 1.29 is 4.74 Å². The second-order valence-electron chi connectivity index (χ2n) is 4.91. The van der Waals surface area contributed by atoms with Crippen molar-refractivity contribution in [2.45, 2.75) is 49.7 Å². The minimum absolute atomic E-state index is 0.319. The van der Waals surface area contributed by atoms with Crippen molar-refractivity contribution in [3.05, 3.63) is 35.4 Å². The van der Waals surface area contributed by atoms with E-state index in [0.717, 1.165) is 12.8 Å². The normalized spacial score (nSPS) is 32.9. The first-order chi connectivity index (χ1) is 7.83. The zero-order valence-electron chi connectivity index (χ0n) is 9.36. The van der Waals surface area contributed by atoms with Gasteiger partial charge in [-0.25, -0.2) is 0 Å². The van der Waals surface area contributed by atoms with Crippen LogP contribution in [-0.2, 0) is 11.2 Å². The standard InChI is InChI=1S/C14H17ClO/c15-11-8-12(9-11)16-14-7-3-5-10-4-1-2-6-13(10)14/h1-2,4,6,11-12,14H,3,5,7-9H2. The lowest BCUT2D eigenvalue weighted by Gasteiger charge is -2.36. The Morgan fingerprint density at radius 2 is 2.00 bits per heavy atom. The van der Waals surface area contributed by atoms with Crippen molar-refractivity contribution in [1.29, 1.82) is 0 Å². The first kappa shape index (κ1) is 10.6. The van der Waals surface area contributed by atoms with Gasteiger partial charge in [0.25, 0.3) is 0 Å². The summed E-state index contributed by atoms with van der Waals surface area (Å²) in [6.45, 7) is 0. The molecule has 0 aromatic heterocycles. The molecule has 3 rings (SSSR count). The molecule has 86 valence electrons. The zero-order valence-corrected chi connectivity index (χ0v) is 10.1. The highest BCUT2D eigenvalue weighted by Crippen LogP contribution is 2.38. The van der Waals surface area contributed by atoms with Crippen LogP contribution in [0.2, 0.25) is 0 Å². The van der Waals surface area contributed by atoms with Gasteiger partial charge in [0, 0.05) is 5.38 Å². The SMILES string of the molecule is ClC1CC(OC2CCCc3ccccc32)C1. The highest BCUT2D eigenvalue weighted by molar-refractivity contribution is 6.21. The van der Waals surface area contributed by atoms with E-state index in [1.807, 2.05) is 0 Å². The van der Waals surface area contributed by atoms with E-state index in [-0.39, 0.29) is 0 Å². The second-order valence-corrected chi connectivity index (χ2v) is 5.52. The maximum absolute atomic E-state index is 6.14. The third-order valence-electron chi connectivity index (χ3n) is 3.71. The van der Waals surface area contributed by atoms with Gasteiger partial charge in [-0.15, -0.1) is 11.6 Å². The molecule has 0 radical (unpaired) electrons. The fraction of sp³-hybridized carbons (Fsp3) is 0.571. The summed E-state index contributed by atoms with van der Waals surface area (Å²) in [6, 6.07) is 8.69. The van der Waals surface area contributed by atoms with Crippen LogP contribution < -0.4 is 0 Å². The monoisotopic (exact) mass is 236 g/mol. The number of halogens is 1. The second kappa shape index (κ2) is 4.38. The van der Waals surface area contributed by atoms with Gasteiger partial charge in [0.05, 0.1) is 12.2 Å². The molecule has 1 fully saturated rings. The minimum Gasteiger partial charge on any atom is -0.370 e. The fourth-order valence-electron chi connectivity index (χ4n) is 2.70. The van der Waals surface area contributed by atoms with Crippen molar-refractivity contribution in [2.24, 2.45) is 0 Å². The molecule has 16 heavy (non-hydrogen) atoms. The third kappa shape index (κ3) is 1.99. The maximum atomic E-state index is 6.14. The smallest absolute Gasteiger partial charge is 0.0831 e. The number of fused-ring (bicyclic) bond motifs is 1. The Morgan fingerprint density at radius 1 is 1.19 bits per heavy atom. The summed E-state index contributed by atoms with van der Waals surface area (Å²) in [4.78, 5) is 0. The lowest BCUT2D eigenvalue weighted by atomic mass is 9.88. The molecular weight excluding hydrogens is 220 g/mol. The lowest BCUT2D eigenvalue weighted by Crippen LogP contribution is -2.33. The quantitative estimate of drug-likeness (QED) is 0.709. The number of hydrogen-bond acceptors (Lipinski definition) is 1. The average molecular weight is 237 g/mol. The average Bonchev–Trinajstić information content (AvgIpc) is 2.27. The molecule has 0 aliphatic heterocycles. The van der Waals surface area contributed by atoms with Crippen LogP contribution in [0.1, 0.15) is 42.9 Å². The van der Waals surface area contributed by atoms with Gasteiger partial charge in [0.2, 0.25) is 0 Å². The molecule has 1 atom stereocenters. The van der Waals surface area contributed by atoms with E-state index in [1.165, 1.54) is 30.4 Å². The van der Waals surface area contributed by atoms with E-state index in [0.29, 0.717) is 17.6 Å². The number of aryl methyl sites for hydroxylation is 1. The van der Waals surface area contributed by atoms with E-state index in [4.69, 9.17) is 16.3 Å². The maximum Gasteiger partial charge on any atom is 0.0831 e. The van der Waals surface area contributed by atoms with Gasteiger partial charge in [0.1, 0.15) is 0 Å². The van der Waals surface area contributed by atoms with E-state index in [1.54, 1.807) is 0 Å². The fourth-order valence-corrected chi connectivity index (χ4v) is 3.09. The summed E-state index contributed by atoms with van der Waals surface area (Å²) in [5, 5.41) is 0.351. The van der Waals surface area contributed by atoms with Crippen molar-refractivity contribution >= 4 is 11.6 Å². The van der Waals surface area contributed by atoms with Crippen molar-refractivity contribution in [1.82, 2.24) is 0 Å². The molecule has 1 aromatic rings. The van der Waals surface area contributed by atoms with Gasteiger partial charge in [0.15, 0.2) is 0 Å². The molecule has 0 bridgehead atoms. The van der Waals surface area contributed by atoms with E-state index in [2.05, 4.69) is 24.3 Å². The van der Waals surface area contributed by atoms with Crippen LogP contribution in [0.3, 0.4) is 0 Å². The zero-order chi connectivity index (χ0) is 11.0. The summed E-state index contributed by atoms with van der Waals surface area (Å²) in [5.41, 5.74) is 2.88. The highest BCUT2D eigenvalue weighted by atomic mass is 35.5. The van der Waals surface area contributed by atoms with Crippen molar-refractivity contribution in [3.63, 3.8) is 0 Å². The number of ether oxygens (including phenoxy) is 1. The summed E-state index contributed by atoms with van der Waals surface area (Å²) >= 11 is 5.98. The molecular formula is C14H17ClO. The summed E-state index contributed by atoms with van der Waals surface area (Å²) in [7, 11) is 0. The molecule has 1 saturated carbocycles. The molecule has 1 nitrogen and oxygen atoms in total. The Labute approximate surface area is 102 Å². The summed E-state index contributed by atoms with van der Waals surface area (Å²) < 4.78 is 6.14. The Bertz CT molecular complexity index is 371. The summed E-state index contributed by atoms with van der Waals surface area (Å²) in [5.74, 6) is 0. The highest BCUT2D eigenvalue weighted by Gasteiger charge is 2.32. The molecule has 1 unspecified atom stereocenters. The molecule has 0 saturated heterocycles. The third-order valence-corrected chi connectivity index (χ3v) is 4.06. The Balaban J connectivity index is 1.72. The van der Waals surface area contributed by atoms with Crippen LogP contribution in [0.25, 0.3) is 0 Å². The van der Waals surface area contributed by atoms with Crippen LogP contribution in [0, 0.1) is 0 Å². The summed E-state index contributed by atoms with van der Waals surface area (Å²) in [6.07, 6.45) is 6.40. The first-order valence-electron chi connectivity index (χ1n) is 6.20. The van der Waals surface area contributed by atoms with E-state index in [9.17, 15) is 0 Å². The lowest BCUT2D eigenvalue weighted by molar-refractivity contribution is -0.0575. The predicted molar refractivity (Wildman–Crippen MR) is 65.9 cm³/mol. The molecule has 0 heterocycles. The molecule has 1 aromatic carbocycles. The van der Waals surface area contributed by atoms with Crippen LogP contribution >= 0.6 is 11.6 Å². The Kier molecular flexibility index (Phi) is 2.91. The molecule has 2 heteroatoms. The topological polar surface area (TPSA) is 9.23 Å². The van der Waals surface area contributed by atoms with Gasteiger partial charge < -0.3 is 4.74 Å². The largest absolute Gasteiger partial charge is 0.370 e. The van der Waals surface area contributed by atoms with E-state index < -0.39 is 0 Å². The van der Waals surface area contributed by atoms with Crippen LogP contribution in [0.15, 0.2) is 24.3 Å². The van der Waals surface area contributed by atoms with Crippen molar-refractivity contribution in [2.75, 3.05) is 0 Å². The molecule has 0 spiro atoms. The van der Waals surface area contributed by atoms with Crippen LogP contribution in [-0.4, -0.2) is 11.5 Å². The molecule has 2 aliphatic carbocycles. The number of alkyl halides is 1. The van der Waals surface area contributed by atoms with E-state index >= 15 is 0 Å². The Hall–Kier alpha value is -0.530. The van der Waals surface area contributed by atoms with Gasteiger partial charge in [-0.05, 0) is 43.2 Å². The van der Waals surface area contributed by atoms with Crippen LogP contribution in [0.4, 0.5) is 0 Å². The minimum atomic E-state index is 0.319. The molecule has 0 amide bonds. The van der Waals surface area contributed by atoms with Gasteiger partial charge >= 0.3 is 0 Å². The number of benzene rings is 1. The first-order valence-corrected chi connectivity index (χ1v) is 6.64. The van der Waals surface area contributed by atoms with Crippen LogP contribution in [0.5, 0.6) is 0 Å². The molecule has 0 N–H and O–H groups in total. The van der Waals surface area contributed by atoms with Crippen molar-refractivity contribution in [3.8, 4) is 0 Å². The van der Waals surface area contributed by atoms with Gasteiger partial charge in [-0.2, -0.15) is 0 Å². The number of rotatable bonds is 2. The Morgan fingerprint density at radius 3 is 2.81 bits per heavy atom.